The number of hydrogen-bond acceptors (Lipinski definition) is 2. The van der Waals surface area contributed by atoms with Crippen LogP contribution >= 0.6 is 0 Å². The van der Waals surface area contributed by atoms with Crippen molar-refractivity contribution in [1.29, 1.82) is 0 Å². The molecular weight excluding hydrogens is 220 g/mol. The van der Waals surface area contributed by atoms with Crippen LogP contribution in [0.25, 0.3) is 0 Å². The Bertz CT molecular complexity index is 161. The van der Waals surface area contributed by atoms with E-state index < -0.39 is 0 Å². The molecule has 3 N–H and O–H groups in total. The van der Waals surface area contributed by atoms with Crippen LogP contribution in [0.15, 0.2) is 0 Å². The van der Waals surface area contributed by atoms with Gasteiger partial charge in [-0.1, -0.05) is 65.7 Å². The molecule has 0 aliphatic carbocycles. The van der Waals surface area contributed by atoms with Gasteiger partial charge in [-0.2, -0.15) is 0 Å². The molecule has 0 bridgehead atoms. The standard InChI is InChI=1S/C16H36N2/c1-16(2,3)15-18-14-12-10-8-6-4-5-7-9-11-13-17/h18H,4-15,17H2,1-3H3. The predicted molar refractivity (Wildman–Crippen MR) is 82.9 cm³/mol. The van der Waals surface area contributed by atoms with Crippen LogP contribution in [0.4, 0.5) is 0 Å². The van der Waals surface area contributed by atoms with E-state index in [4.69, 9.17) is 5.73 Å². The van der Waals surface area contributed by atoms with E-state index in [1.807, 2.05) is 0 Å². The molecule has 110 valence electrons. The Morgan fingerprint density at radius 2 is 1.17 bits per heavy atom. The lowest BCUT2D eigenvalue weighted by atomic mass is 9.97. The Morgan fingerprint density at radius 3 is 1.61 bits per heavy atom. The Hall–Kier alpha value is -0.0800. The minimum atomic E-state index is 0.420. The molecular formula is C16H36N2. The minimum absolute atomic E-state index is 0.420. The summed E-state index contributed by atoms with van der Waals surface area (Å²) >= 11 is 0. The van der Waals surface area contributed by atoms with E-state index in [2.05, 4.69) is 26.1 Å². The first kappa shape index (κ1) is 17.9. The van der Waals surface area contributed by atoms with Crippen molar-refractivity contribution in [2.24, 2.45) is 11.1 Å². The highest BCUT2D eigenvalue weighted by molar-refractivity contribution is 4.64. The molecule has 0 aromatic rings. The summed E-state index contributed by atoms with van der Waals surface area (Å²) in [5.74, 6) is 0. The third-order valence-corrected chi connectivity index (χ3v) is 3.21. The summed E-state index contributed by atoms with van der Waals surface area (Å²) in [7, 11) is 0. The SMILES string of the molecule is CC(C)(C)CNCCCCCCCCCCCN. The van der Waals surface area contributed by atoms with Gasteiger partial charge in [0.2, 0.25) is 0 Å². The van der Waals surface area contributed by atoms with Gasteiger partial charge in [0.25, 0.3) is 0 Å². The molecule has 0 aromatic carbocycles. The topological polar surface area (TPSA) is 38.0 Å². The Morgan fingerprint density at radius 1 is 0.722 bits per heavy atom. The summed E-state index contributed by atoms with van der Waals surface area (Å²) in [5.41, 5.74) is 5.89. The summed E-state index contributed by atoms with van der Waals surface area (Å²) in [6.45, 7) is 10.0. The van der Waals surface area contributed by atoms with Gasteiger partial charge in [0.15, 0.2) is 0 Å². The molecule has 0 heterocycles. The summed E-state index contributed by atoms with van der Waals surface area (Å²) in [6, 6.07) is 0. The third kappa shape index (κ3) is 15.9. The Kier molecular flexibility index (Phi) is 11.9. The van der Waals surface area contributed by atoms with Crippen molar-refractivity contribution in [3.63, 3.8) is 0 Å². The monoisotopic (exact) mass is 256 g/mol. The molecule has 0 saturated carbocycles. The third-order valence-electron chi connectivity index (χ3n) is 3.21. The Labute approximate surface area is 115 Å². The van der Waals surface area contributed by atoms with Crippen LogP contribution < -0.4 is 11.1 Å². The number of nitrogens with one attached hydrogen (secondary N) is 1. The van der Waals surface area contributed by atoms with E-state index in [9.17, 15) is 0 Å². The molecule has 0 atom stereocenters. The smallest absolute Gasteiger partial charge is 0.0000126 e. The molecule has 0 aliphatic rings. The minimum Gasteiger partial charge on any atom is -0.330 e. The van der Waals surface area contributed by atoms with Crippen molar-refractivity contribution in [2.45, 2.75) is 78.6 Å². The van der Waals surface area contributed by atoms with Gasteiger partial charge in [0.05, 0.1) is 0 Å². The fraction of sp³-hybridized carbons (Fsp3) is 1.00. The average Bonchev–Trinajstić information content (AvgIpc) is 2.29. The van der Waals surface area contributed by atoms with Crippen LogP contribution in [0, 0.1) is 5.41 Å². The fourth-order valence-electron chi connectivity index (χ4n) is 2.10. The number of unbranched alkanes of at least 4 members (excludes halogenated alkanes) is 8. The van der Waals surface area contributed by atoms with Gasteiger partial charge in [-0.3, -0.25) is 0 Å². The van der Waals surface area contributed by atoms with Crippen molar-refractivity contribution in [2.75, 3.05) is 19.6 Å². The molecule has 0 aliphatic heterocycles. The largest absolute Gasteiger partial charge is 0.330 e. The maximum Gasteiger partial charge on any atom is -0.0000126 e. The highest BCUT2D eigenvalue weighted by Crippen LogP contribution is 2.11. The lowest BCUT2D eigenvalue weighted by Crippen LogP contribution is -2.27. The highest BCUT2D eigenvalue weighted by Gasteiger charge is 2.07. The molecule has 0 rings (SSSR count). The number of nitrogens with two attached hydrogens (primary N) is 1. The molecule has 0 saturated heterocycles. The summed E-state index contributed by atoms with van der Waals surface area (Å²) in [6.07, 6.45) is 12.3. The molecule has 0 radical (unpaired) electrons. The lowest BCUT2D eigenvalue weighted by Gasteiger charge is -2.18. The molecule has 0 spiro atoms. The fourth-order valence-corrected chi connectivity index (χ4v) is 2.10. The molecule has 2 nitrogen and oxygen atoms in total. The summed E-state index contributed by atoms with van der Waals surface area (Å²) in [4.78, 5) is 0. The van der Waals surface area contributed by atoms with Crippen LogP contribution in [-0.4, -0.2) is 19.6 Å². The molecule has 0 aromatic heterocycles. The lowest BCUT2D eigenvalue weighted by molar-refractivity contribution is 0.377. The zero-order valence-electron chi connectivity index (χ0n) is 13.1. The van der Waals surface area contributed by atoms with Gasteiger partial charge in [-0.15, -0.1) is 0 Å². The normalized spacial score (nSPS) is 12.0. The van der Waals surface area contributed by atoms with Crippen molar-refractivity contribution < 1.29 is 0 Å². The van der Waals surface area contributed by atoms with Crippen molar-refractivity contribution >= 4 is 0 Å². The maximum absolute atomic E-state index is 5.47. The van der Waals surface area contributed by atoms with E-state index in [0.29, 0.717) is 5.41 Å². The molecule has 0 unspecified atom stereocenters. The predicted octanol–water partition coefficient (Wildman–Crippen LogP) is 4.09. The number of hydrogen-bond donors (Lipinski definition) is 2. The van der Waals surface area contributed by atoms with Crippen molar-refractivity contribution in [3.05, 3.63) is 0 Å². The molecule has 2 heteroatoms. The highest BCUT2D eigenvalue weighted by atomic mass is 14.9. The van der Waals surface area contributed by atoms with Crippen LogP contribution in [0.1, 0.15) is 78.6 Å². The maximum atomic E-state index is 5.47. The van der Waals surface area contributed by atoms with Gasteiger partial charge in [0.1, 0.15) is 0 Å². The Balaban J connectivity index is 2.99. The zero-order chi connectivity index (χ0) is 13.7. The first-order chi connectivity index (χ1) is 8.56. The first-order valence-electron chi connectivity index (χ1n) is 7.97. The second kappa shape index (κ2) is 12.0. The van der Waals surface area contributed by atoms with E-state index in [1.165, 1.54) is 64.3 Å². The molecule has 0 fully saturated rings. The van der Waals surface area contributed by atoms with Crippen LogP contribution in [-0.2, 0) is 0 Å². The van der Waals surface area contributed by atoms with E-state index in [1.54, 1.807) is 0 Å². The van der Waals surface area contributed by atoms with E-state index >= 15 is 0 Å². The average molecular weight is 256 g/mol. The van der Waals surface area contributed by atoms with Crippen molar-refractivity contribution in [3.8, 4) is 0 Å². The van der Waals surface area contributed by atoms with Gasteiger partial charge >= 0.3 is 0 Å². The van der Waals surface area contributed by atoms with Crippen molar-refractivity contribution in [1.82, 2.24) is 5.32 Å². The van der Waals surface area contributed by atoms with Gasteiger partial charge in [-0.05, 0) is 37.9 Å². The van der Waals surface area contributed by atoms with Gasteiger partial charge in [-0.25, -0.2) is 0 Å². The zero-order valence-corrected chi connectivity index (χ0v) is 13.1. The van der Waals surface area contributed by atoms with Gasteiger partial charge in [0, 0.05) is 0 Å². The molecule has 18 heavy (non-hydrogen) atoms. The molecule has 0 amide bonds. The van der Waals surface area contributed by atoms with Crippen LogP contribution in [0.2, 0.25) is 0 Å². The second-order valence-corrected chi connectivity index (χ2v) is 6.71. The van der Waals surface area contributed by atoms with E-state index in [0.717, 1.165) is 13.1 Å². The van der Waals surface area contributed by atoms with Crippen LogP contribution in [0.5, 0.6) is 0 Å². The van der Waals surface area contributed by atoms with E-state index in [-0.39, 0.29) is 0 Å². The van der Waals surface area contributed by atoms with Crippen LogP contribution in [0.3, 0.4) is 0 Å². The second-order valence-electron chi connectivity index (χ2n) is 6.71. The first-order valence-corrected chi connectivity index (χ1v) is 7.97. The van der Waals surface area contributed by atoms with Gasteiger partial charge < -0.3 is 11.1 Å². The number of rotatable bonds is 12. The quantitative estimate of drug-likeness (QED) is 0.516. The summed E-state index contributed by atoms with van der Waals surface area (Å²) in [5, 5.41) is 3.54. The summed E-state index contributed by atoms with van der Waals surface area (Å²) < 4.78 is 0.